The van der Waals surface area contributed by atoms with E-state index in [0.717, 1.165) is 17.0 Å². The summed E-state index contributed by atoms with van der Waals surface area (Å²) in [7, 11) is 1.81. The highest BCUT2D eigenvalue weighted by atomic mass is 16.4. The van der Waals surface area contributed by atoms with Crippen LogP contribution in [0.1, 0.15) is 27.3 Å². The average Bonchev–Trinajstić information content (AvgIpc) is 2.72. The maximum Gasteiger partial charge on any atom is 0.335 e. The minimum Gasteiger partial charge on any atom is -0.478 e. The first-order valence-corrected chi connectivity index (χ1v) is 6.75. The Morgan fingerprint density at radius 1 is 1.23 bits per heavy atom. The maximum atomic E-state index is 11.9. The molecule has 2 rings (SSSR count). The largest absolute Gasteiger partial charge is 0.478 e. The van der Waals surface area contributed by atoms with Crippen molar-refractivity contribution in [1.29, 1.82) is 0 Å². The van der Waals surface area contributed by atoms with Crippen molar-refractivity contribution in [1.82, 2.24) is 15.1 Å². The molecule has 0 radical (unpaired) electrons. The Morgan fingerprint density at radius 3 is 2.36 bits per heavy atom. The van der Waals surface area contributed by atoms with Crippen molar-refractivity contribution in [3.05, 3.63) is 46.8 Å². The lowest BCUT2D eigenvalue weighted by molar-refractivity contribution is 0.0697. The molecule has 1 aromatic carbocycles. The smallest absolute Gasteiger partial charge is 0.335 e. The fourth-order valence-electron chi connectivity index (χ4n) is 2.06. The molecule has 3 N–H and O–H groups in total. The van der Waals surface area contributed by atoms with E-state index in [4.69, 9.17) is 5.11 Å². The number of hydrogen-bond donors (Lipinski definition) is 3. The fraction of sp³-hybridized carbons (Fsp3) is 0.267. The number of carbonyl (C=O) groups excluding carboxylic acids is 1. The first-order chi connectivity index (χ1) is 10.4. The molecule has 2 aromatic rings. The van der Waals surface area contributed by atoms with E-state index in [1.807, 2.05) is 20.9 Å². The van der Waals surface area contributed by atoms with E-state index in [1.165, 1.54) is 12.1 Å². The molecule has 0 spiro atoms. The number of aryl methyl sites for hydroxylation is 2. The maximum absolute atomic E-state index is 11.9. The molecule has 2 amide bonds. The summed E-state index contributed by atoms with van der Waals surface area (Å²) in [5, 5.41) is 18.5. The molecule has 0 aliphatic rings. The van der Waals surface area contributed by atoms with Crippen LogP contribution in [0, 0.1) is 13.8 Å². The Balaban J connectivity index is 1.94. The second kappa shape index (κ2) is 6.30. The van der Waals surface area contributed by atoms with Crippen LogP contribution in [0.2, 0.25) is 0 Å². The second-order valence-corrected chi connectivity index (χ2v) is 4.98. The molecule has 1 aromatic heterocycles. The molecule has 0 bridgehead atoms. The minimum atomic E-state index is -0.972. The van der Waals surface area contributed by atoms with Crippen LogP contribution in [-0.2, 0) is 13.6 Å². The van der Waals surface area contributed by atoms with Gasteiger partial charge in [0.25, 0.3) is 0 Å². The summed E-state index contributed by atoms with van der Waals surface area (Å²) in [6.07, 6.45) is 0. The van der Waals surface area contributed by atoms with E-state index in [1.54, 1.807) is 16.8 Å². The lowest BCUT2D eigenvalue weighted by atomic mass is 10.1. The lowest BCUT2D eigenvalue weighted by Crippen LogP contribution is -2.28. The van der Waals surface area contributed by atoms with Crippen LogP contribution >= 0.6 is 0 Å². The highest BCUT2D eigenvalue weighted by Crippen LogP contribution is 2.17. The van der Waals surface area contributed by atoms with Gasteiger partial charge in [-0.15, -0.1) is 0 Å². The van der Waals surface area contributed by atoms with Crippen molar-refractivity contribution in [3.63, 3.8) is 0 Å². The van der Waals surface area contributed by atoms with Crippen LogP contribution in [0.5, 0.6) is 0 Å². The third-order valence-corrected chi connectivity index (χ3v) is 3.40. The van der Waals surface area contributed by atoms with Gasteiger partial charge in [-0.1, -0.05) is 12.1 Å². The van der Waals surface area contributed by atoms with Crippen molar-refractivity contribution in [2.45, 2.75) is 20.4 Å². The van der Waals surface area contributed by atoms with Gasteiger partial charge >= 0.3 is 12.0 Å². The van der Waals surface area contributed by atoms with Gasteiger partial charge in [-0.3, -0.25) is 4.68 Å². The molecule has 1 heterocycles. The Hall–Kier alpha value is -2.83. The summed E-state index contributed by atoms with van der Waals surface area (Å²) in [6, 6.07) is 6.02. The molecule has 0 saturated carbocycles. The van der Waals surface area contributed by atoms with Gasteiger partial charge < -0.3 is 15.7 Å². The molecule has 0 saturated heterocycles. The van der Waals surface area contributed by atoms with E-state index in [-0.39, 0.29) is 11.6 Å². The molecule has 116 valence electrons. The number of urea groups is 1. The molecule has 0 aliphatic heterocycles. The van der Waals surface area contributed by atoms with Crippen molar-refractivity contribution < 1.29 is 14.7 Å². The lowest BCUT2D eigenvalue weighted by Gasteiger charge is -2.08. The topological polar surface area (TPSA) is 96.3 Å². The van der Waals surface area contributed by atoms with Crippen molar-refractivity contribution in [3.8, 4) is 0 Å². The Labute approximate surface area is 128 Å². The van der Waals surface area contributed by atoms with E-state index in [9.17, 15) is 9.59 Å². The van der Waals surface area contributed by atoms with Gasteiger partial charge in [0.2, 0.25) is 0 Å². The van der Waals surface area contributed by atoms with E-state index in [2.05, 4.69) is 15.7 Å². The van der Waals surface area contributed by atoms with E-state index in [0.29, 0.717) is 12.2 Å². The number of nitrogens with zero attached hydrogens (tertiary/aromatic N) is 2. The predicted octanol–water partition coefficient (Wildman–Crippen LogP) is 2.06. The highest BCUT2D eigenvalue weighted by molar-refractivity contribution is 5.90. The number of rotatable bonds is 4. The molecule has 22 heavy (non-hydrogen) atoms. The zero-order valence-corrected chi connectivity index (χ0v) is 12.7. The summed E-state index contributed by atoms with van der Waals surface area (Å²) in [4.78, 5) is 22.7. The number of carboxylic acids is 1. The molecule has 0 fully saturated rings. The monoisotopic (exact) mass is 302 g/mol. The summed E-state index contributed by atoms with van der Waals surface area (Å²) in [5.41, 5.74) is 3.36. The van der Waals surface area contributed by atoms with Crippen LogP contribution < -0.4 is 10.6 Å². The first kappa shape index (κ1) is 15.6. The number of amides is 2. The van der Waals surface area contributed by atoms with Crippen LogP contribution in [0.3, 0.4) is 0 Å². The molecule has 0 unspecified atom stereocenters. The Bertz CT molecular complexity index is 704. The number of carboxylic acid groups (broad SMARTS) is 1. The zero-order chi connectivity index (χ0) is 16.3. The summed E-state index contributed by atoms with van der Waals surface area (Å²) in [6.45, 7) is 4.01. The second-order valence-electron chi connectivity index (χ2n) is 4.98. The van der Waals surface area contributed by atoms with E-state index < -0.39 is 5.97 Å². The number of benzene rings is 1. The van der Waals surface area contributed by atoms with Gasteiger partial charge in [0.05, 0.1) is 22.6 Å². The first-order valence-electron chi connectivity index (χ1n) is 6.75. The number of hydrogen-bond acceptors (Lipinski definition) is 3. The van der Waals surface area contributed by atoms with Crippen LogP contribution in [0.15, 0.2) is 24.3 Å². The zero-order valence-electron chi connectivity index (χ0n) is 12.7. The van der Waals surface area contributed by atoms with Gasteiger partial charge in [0.15, 0.2) is 0 Å². The normalized spacial score (nSPS) is 10.3. The number of carbonyl (C=O) groups is 2. The molecule has 7 heteroatoms. The van der Waals surface area contributed by atoms with Gasteiger partial charge in [-0.05, 0) is 31.5 Å². The summed E-state index contributed by atoms with van der Waals surface area (Å²) < 4.78 is 1.70. The molecular weight excluding hydrogens is 284 g/mol. The fourth-order valence-corrected chi connectivity index (χ4v) is 2.06. The van der Waals surface area contributed by atoms with Gasteiger partial charge in [0.1, 0.15) is 0 Å². The minimum absolute atomic E-state index is 0.217. The molecule has 0 aliphatic carbocycles. The Morgan fingerprint density at radius 2 is 1.86 bits per heavy atom. The van der Waals surface area contributed by atoms with Gasteiger partial charge in [-0.25, -0.2) is 9.59 Å². The molecule has 0 atom stereocenters. The number of nitrogens with one attached hydrogen (secondary N) is 2. The SMILES string of the molecule is Cc1nn(C)c(C)c1NC(=O)NCc1ccc(C(=O)O)cc1. The quantitative estimate of drug-likeness (QED) is 0.805. The van der Waals surface area contributed by atoms with E-state index >= 15 is 0 Å². The van der Waals surface area contributed by atoms with Crippen molar-refractivity contribution in [2.75, 3.05) is 5.32 Å². The number of aromatic nitrogens is 2. The van der Waals surface area contributed by atoms with Gasteiger partial charge in [0, 0.05) is 13.6 Å². The summed E-state index contributed by atoms with van der Waals surface area (Å²) in [5.74, 6) is -0.972. The van der Waals surface area contributed by atoms with Crippen LogP contribution in [-0.4, -0.2) is 26.9 Å². The van der Waals surface area contributed by atoms with Crippen LogP contribution in [0.25, 0.3) is 0 Å². The summed E-state index contributed by atoms with van der Waals surface area (Å²) >= 11 is 0. The molecular formula is C15H18N4O3. The number of anilines is 1. The third-order valence-electron chi connectivity index (χ3n) is 3.40. The standard InChI is InChI=1S/C15H18N4O3/c1-9-13(10(2)19(3)18-9)17-15(22)16-8-11-4-6-12(7-5-11)14(20)21/h4-7H,8H2,1-3H3,(H,20,21)(H2,16,17,22). The third kappa shape index (κ3) is 3.43. The van der Waals surface area contributed by atoms with Crippen molar-refractivity contribution in [2.24, 2.45) is 7.05 Å². The van der Waals surface area contributed by atoms with Crippen molar-refractivity contribution >= 4 is 17.7 Å². The molecule has 7 nitrogen and oxygen atoms in total. The average molecular weight is 302 g/mol. The van der Waals surface area contributed by atoms with Gasteiger partial charge in [-0.2, -0.15) is 5.10 Å². The van der Waals surface area contributed by atoms with Crippen LogP contribution in [0.4, 0.5) is 10.5 Å². The number of aromatic carboxylic acids is 1. The predicted molar refractivity (Wildman–Crippen MR) is 81.9 cm³/mol. The highest BCUT2D eigenvalue weighted by Gasteiger charge is 2.12. The Kier molecular flexibility index (Phi) is 4.45.